The van der Waals surface area contributed by atoms with Gasteiger partial charge in [0.2, 0.25) is 5.91 Å². The number of likely N-dealkylation sites (N-methyl/N-ethyl adjacent to an activating group) is 1. The summed E-state index contributed by atoms with van der Waals surface area (Å²) in [4.78, 5) is 37.6. The summed E-state index contributed by atoms with van der Waals surface area (Å²) in [5.41, 5.74) is 2.21. The van der Waals surface area contributed by atoms with Gasteiger partial charge in [0, 0.05) is 31.3 Å². The van der Waals surface area contributed by atoms with Gasteiger partial charge in [0.25, 0.3) is 5.91 Å². The van der Waals surface area contributed by atoms with Crippen molar-refractivity contribution in [2.24, 2.45) is 0 Å². The van der Waals surface area contributed by atoms with E-state index >= 15 is 0 Å². The molecule has 21 heavy (non-hydrogen) atoms. The highest BCUT2D eigenvalue weighted by Gasteiger charge is 2.23. The third-order valence-electron chi connectivity index (χ3n) is 3.67. The summed E-state index contributed by atoms with van der Waals surface area (Å²) in [6.07, 6.45) is 1.03. The van der Waals surface area contributed by atoms with Crippen molar-refractivity contribution in [1.29, 1.82) is 0 Å². The van der Waals surface area contributed by atoms with Crippen LogP contribution in [0.1, 0.15) is 29.3 Å². The average molecular weight is 290 g/mol. The molecule has 0 saturated heterocycles. The van der Waals surface area contributed by atoms with E-state index < -0.39 is 5.97 Å². The first kappa shape index (κ1) is 15.0. The predicted molar refractivity (Wildman–Crippen MR) is 77.4 cm³/mol. The van der Waals surface area contributed by atoms with Crippen molar-refractivity contribution in [3.05, 3.63) is 29.3 Å². The third kappa shape index (κ3) is 3.04. The van der Waals surface area contributed by atoms with Crippen LogP contribution in [0.15, 0.2) is 18.2 Å². The molecule has 1 aromatic carbocycles. The topological polar surface area (TPSA) is 77.9 Å². The Bertz CT molecular complexity index is 597. The van der Waals surface area contributed by atoms with Crippen LogP contribution in [-0.2, 0) is 16.0 Å². The Morgan fingerprint density at radius 3 is 2.67 bits per heavy atom. The molecule has 0 saturated carbocycles. The first-order chi connectivity index (χ1) is 9.93. The molecule has 1 aliphatic rings. The molecular formula is C15H18N2O4. The maximum absolute atomic E-state index is 12.3. The largest absolute Gasteiger partial charge is 0.480 e. The lowest BCUT2D eigenvalue weighted by Gasteiger charge is -2.26. The molecular weight excluding hydrogens is 272 g/mol. The molecule has 1 aromatic rings. The second kappa shape index (κ2) is 5.95. The number of aryl methyl sites for hydroxylation is 1. The number of hydrogen-bond donors (Lipinski definition) is 1. The number of hydrogen-bond acceptors (Lipinski definition) is 3. The molecule has 0 aliphatic carbocycles. The van der Waals surface area contributed by atoms with Gasteiger partial charge >= 0.3 is 5.97 Å². The van der Waals surface area contributed by atoms with E-state index in [1.54, 1.807) is 37.1 Å². The van der Waals surface area contributed by atoms with Gasteiger partial charge in [0.1, 0.15) is 6.54 Å². The summed E-state index contributed by atoms with van der Waals surface area (Å²) >= 11 is 0. The zero-order valence-electron chi connectivity index (χ0n) is 12.1. The summed E-state index contributed by atoms with van der Waals surface area (Å²) in [6, 6.07) is 5.14. The Kier molecular flexibility index (Phi) is 4.26. The monoisotopic (exact) mass is 290 g/mol. The fourth-order valence-corrected chi connectivity index (χ4v) is 2.46. The number of benzene rings is 1. The molecule has 112 valence electrons. The second-order valence-corrected chi connectivity index (χ2v) is 5.01. The van der Waals surface area contributed by atoms with Crippen LogP contribution in [0.25, 0.3) is 0 Å². The lowest BCUT2D eigenvalue weighted by Crippen LogP contribution is -2.36. The summed E-state index contributed by atoms with van der Waals surface area (Å²) in [7, 11) is 1.71. The number of carbonyl (C=O) groups is 3. The van der Waals surface area contributed by atoms with Crippen LogP contribution in [0, 0.1) is 0 Å². The third-order valence-corrected chi connectivity index (χ3v) is 3.67. The van der Waals surface area contributed by atoms with Gasteiger partial charge in [-0.2, -0.15) is 0 Å². The first-order valence-electron chi connectivity index (χ1n) is 6.84. The molecule has 2 rings (SSSR count). The summed E-state index contributed by atoms with van der Waals surface area (Å²) < 4.78 is 0. The molecule has 1 N–H and O–H groups in total. The molecule has 6 nitrogen and oxygen atoms in total. The van der Waals surface area contributed by atoms with Crippen LogP contribution >= 0.6 is 0 Å². The number of carboxylic acids is 1. The van der Waals surface area contributed by atoms with E-state index in [2.05, 4.69) is 0 Å². The lowest BCUT2D eigenvalue weighted by atomic mass is 9.98. The minimum atomic E-state index is -1.03. The Morgan fingerprint density at radius 2 is 2.05 bits per heavy atom. The van der Waals surface area contributed by atoms with Gasteiger partial charge in [-0.3, -0.25) is 14.4 Å². The zero-order chi connectivity index (χ0) is 15.6. The number of fused-ring (bicyclic) bond motifs is 1. The lowest BCUT2D eigenvalue weighted by molar-refractivity contribution is -0.137. The number of anilines is 1. The van der Waals surface area contributed by atoms with Crippen molar-refractivity contribution in [2.45, 2.75) is 19.8 Å². The van der Waals surface area contributed by atoms with Crippen LogP contribution in [0.3, 0.4) is 0 Å². The highest BCUT2D eigenvalue weighted by molar-refractivity contribution is 5.99. The molecule has 0 aromatic heterocycles. The van der Waals surface area contributed by atoms with Crippen molar-refractivity contribution in [3.8, 4) is 0 Å². The molecule has 0 radical (unpaired) electrons. The average Bonchev–Trinajstić information content (AvgIpc) is 2.47. The van der Waals surface area contributed by atoms with Crippen LogP contribution in [0.2, 0.25) is 0 Å². The fraction of sp³-hybridized carbons (Fsp3) is 0.400. The van der Waals surface area contributed by atoms with Gasteiger partial charge in [-0.1, -0.05) is 0 Å². The van der Waals surface area contributed by atoms with Crippen molar-refractivity contribution < 1.29 is 19.5 Å². The van der Waals surface area contributed by atoms with Gasteiger partial charge in [-0.25, -0.2) is 0 Å². The molecule has 2 amide bonds. The van der Waals surface area contributed by atoms with E-state index in [4.69, 9.17) is 5.11 Å². The maximum atomic E-state index is 12.3. The van der Waals surface area contributed by atoms with Gasteiger partial charge in [0.05, 0.1) is 0 Å². The molecule has 0 spiro atoms. The Morgan fingerprint density at radius 1 is 1.33 bits per heavy atom. The normalized spacial score (nSPS) is 13.8. The fourth-order valence-electron chi connectivity index (χ4n) is 2.46. The highest BCUT2D eigenvalue weighted by atomic mass is 16.4. The van der Waals surface area contributed by atoms with E-state index in [0.717, 1.165) is 11.3 Å². The number of carboxylic acid groups (broad SMARTS) is 1. The van der Waals surface area contributed by atoms with Gasteiger partial charge < -0.3 is 14.9 Å². The number of rotatable bonds is 4. The minimum absolute atomic E-state index is 0.0580. The molecule has 1 aliphatic heterocycles. The molecule has 0 bridgehead atoms. The van der Waals surface area contributed by atoms with Crippen LogP contribution in [-0.4, -0.2) is 47.9 Å². The second-order valence-electron chi connectivity index (χ2n) is 5.01. The molecule has 0 fully saturated rings. The van der Waals surface area contributed by atoms with E-state index in [9.17, 15) is 14.4 Å². The van der Waals surface area contributed by atoms with E-state index in [0.29, 0.717) is 24.9 Å². The van der Waals surface area contributed by atoms with Crippen molar-refractivity contribution in [3.63, 3.8) is 0 Å². The number of aliphatic carboxylic acids is 1. The van der Waals surface area contributed by atoms with Crippen LogP contribution in [0.4, 0.5) is 5.69 Å². The molecule has 0 unspecified atom stereocenters. The Labute approximate surface area is 123 Å². The predicted octanol–water partition coefficient (Wildman–Crippen LogP) is 1.14. The molecule has 0 atom stereocenters. The summed E-state index contributed by atoms with van der Waals surface area (Å²) in [6.45, 7) is 1.76. The number of amides is 2. The smallest absolute Gasteiger partial charge is 0.323 e. The highest BCUT2D eigenvalue weighted by Crippen LogP contribution is 2.27. The maximum Gasteiger partial charge on any atom is 0.323 e. The number of nitrogens with zero attached hydrogens (tertiary/aromatic N) is 2. The van der Waals surface area contributed by atoms with Gasteiger partial charge in [-0.15, -0.1) is 0 Å². The van der Waals surface area contributed by atoms with E-state index in [1.165, 1.54) is 4.90 Å². The van der Waals surface area contributed by atoms with E-state index in [-0.39, 0.29) is 18.4 Å². The summed E-state index contributed by atoms with van der Waals surface area (Å²) in [5, 5.41) is 8.83. The standard InChI is InChI=1S/C15H18N2O4/c1-3-17(9-14(19)20)15(21)11-4-6-12-10(8-11)5-7-13(18)16(12)2/h4,6,8H,3,5,7,9H2,1-2H3,(H,19,20). The van der Waals surface area contributed by atoms with Crippen LogP contribution in [0.5, 0.6) is 0 Å². The van der Waals surface area contributed by atoms with Crippen molar-refractivity contribution in [1.82, 2.24) is 4.90 Å². The van der Waals surface area contributed by atoms with Crippen molar-refractivity contribution in [2.75, 3.05) is 25.0 Å². The zero-order valence-corrected chi connectivity index (χ0v) is 12.1. The minimum Gasteiger partial charge on any atom is -0.480 e. The Hall–Kier alpha value is -2.37. The van der Waals surface area contributed by atoms with Gasteiger partial charge in [0.15, 0.2) is 0 Å². The quantitative estimate of drug-likeness (QED) is 0.902. The van der Waals surface area contributed by atoms with Gasteiger partial charge in [-0.05, 0) is 37.1 Å². The van der Waals surface area contributed by atoms with E-state index in [1.807, 2.05) is 0 Å². The van der Waals surface area contributed by atoms with Crippen LogP contribution < -0.4 is 4.90 Å². The number of carbonyl (C=O) groups excluding carboxylic acids is 2. The van der Waals surface area contributed by atoms with Crippen molar-refractivity contribution >= 4 is 23.5 Å². The SMILES string of the molecule is CCN(CC(=O)O)C(=O)c1ccc2c(c1)CCC(=O)N2C. The Balaban J connectivity index is 2.27. The summed E-state index contributed by atoms with van der Waals surface area (Å²) in [5.74, 6) is -1.28. The molecule has 6 heteroatoms. The molecule has 1 heterocycles. The first-order valence-corrected chi connectivity index (χ1v) is 6.84.